The zero-order valence-corrected chi connectivity index (χ0v) is 23.1. The maximum absolute atomic E-state index is 13.3. The predicted molar refractivity (Wildman–Crippen MR) is 142 cm³/mol. The Hall–Kier alpha value is -2.59. The molecule has 0 bridgehead atoms. The van der Waals surface area contributed by atoms with E-state index >= 15 is 0 Å². The second-order valence-corrected chi connectivity index (χ2v) is 11.1. The van der Waals surface area contributed by atoms with Gasteiger partial charge in [0.15, 0.2) is 0 Å². The third-order valence-corrected chi connectivity index (χ3v) is 7.20. The Morgan fingerprint density at radius 3 is 2.43 bits per heavy atom. The molecule has 8 nitrogen and oxygen atoms in total. The van der Waals surface area contributed by atoms with Crippen LogP contribution in [0.25, 0.3) is 0 Å². The smallest absolute Gasteiger partial charge is 0.242 e. The third-order valence-electron chi connectivity index (χ3n) is 5.48. The van der Waals surface area contributed by atoms with Gasteiger partial charge >= 0.3 is 0 Å². The van der Waals surface area contributed by atoms with Gasteiger partial charge in [-0.2, -0.15) is 0 Å². The highest BCUT2D eigenvalue weighted by molar-refractivity contribution is 9.10. The molecule has 0 radical (unpaired) electrons. The first-order valence-electron chi connectivity index (χ1n) is 11.5. The van der Waals surface area contributed by atoms with Crippen molar-refractivity contribution >= 4 is 43.5 Å². The van der Waals surface area contributed by atoms with Crippen molar-refractivity contribution in [1.29, 1.82) is 0 Å². The van der Waals surface area contributed by atoms with Crippen LogP contribution in [0.15, 0.2) is 53.0 Å². The van der Waals surface area contributed by atoms with Gasteiger partial charge in [-0.3, -0.25) is 13.9 Å². The number of nitrogens with one attached hydrogen (secondary N) is 1. The van der Waals surface area contributed by atoms with Gasteiger partial charge in [-0.25, -0.2) is 8.42 Å². The van der Waals surface area contributed by atoms with Crippen molar-refractivity contribution in [3.8, 4) is 5.75 Å². The highest BCUT2D eigenvalue weighted by Crippen LogP contribution is 2.24. The lowest BCUT2D eigenvalue weighted by Crippen LogP contribution is -2.47. The molecular weight excluding hydrogens is 534 g/mol. The molecular formula is C25H34BrN3O5S. The summed E-state index contributed by atoms with van der Waals surface area (Å²) in [5.41, 5.74) is 1.36. The number of hydrogen-bond acceptors (Lipinski definition) is 5. The minimum Gasteiger partial charge on any atom is -0.497 e. The van der Waals surface area contributed by atoms with E-state index < -0.39 is 16.1 Å². The molecule has 0 aliphatic heterocycles. The van der Waals surface area contributed by atoms with Crippen LogP contribution in [0.1, 0.15) is 38.7 Å². The highest BCUT2D eigenvalue weighted by Gasteiger charge is 2.26. The summed E-state index contributed by atoms with van der Waals surface area (Å²) in [7, 11) is -2.06. The van der Waals surface area contributed by atoms with E-state index in [0.29, 0.717) is 24.4 Å². The van der Waals surface area contributed by atoms with Crippen molar-refractivity contribution in [2.45, 2.75) is 45.7 Å². The van der Waals surface area contributed by atoms with Crippen LogP contribution in [-0.4, -0.2) is 57.6 Å². The minimum atomic E-state index is -3.57. The van der Waals surface area contributed by atoms with Gasteiger partial charge in [0.25, 0.3) is 0 Å². The monoisotopic (exact) mass is 567 g/mol. The molecule has 0 saturated carbocycles. The van der Waals surface area contributed by atoms with Crippen LogP contribution < -0.4 is 14.4 Å². The quantitative estimate of drug-likeness (QED) is 0.395. The largest absolute Gasteiger partial charge is 0.497 e. The SMILES string of the molecule is CCCNC(=O)[C@H](C)N(Cc1ccc(Br)cc1)C(=O)CCCN(c1cccc(OC)c1)S(C)(=O)=O. The van der Waals surface area contributed by atoms with Gasteiger partial charge in [0, 0.05) is 36.6 Å². The maximum Gasteiger partial charge on any atom is 0.242 e. The average molecular weight is 569 g/mol. The summed E-state index contributed by atoms with van der Waals surface area (Å²) in [6.07, 6.45) is 2.32. The van der Waals surface area contributed by atoms with E-state index in [1.165, 1.54) is 11.4 Å². The maximum atomic E-state index is 13.3. The summed E-state index contributed by atoms with van der Waals surface area (Å²) in [6, 6.07) is 13.7. The third kappa shape index (κ3) is 8.85. The van der Waals surface area contributed by atoms with Crippen LogP contribution in [0.5, 0.6) is 5.75 Å². The van der Waals surface area contributed by atoms with Crippen LogP contribution in [0.2, 0.25) is 0 Å². The number of nitrogens with zero attached hydrogens (tertiary/aromatic N) is 2. The number of carbonyl (C=O) groups excluding carboxylic acids is 2. The molecule has 10 heteroatoms. The van der Waals surface area contributed by atoms with E-state index in [2.05, 4.69) is 21.2 Å². The van der Waals surface area contributed by atoms with Gasteiger partial charge in [0.1, 0.15) is 11.8 Å². The standard InChI is InChI=1S/C25H34BrN3O5S/c1-5-15-27-25(31)19(2)28(18-20-11-13-21(26)14-12-20)24(30)10-7-16-29(35(4,32)33)22-8-6-9-23(17-22)34-3/h6,8-9,11-14,17,19H,5,7,10,15-16,18H2,1-4H3,(H,27,31)/t19-/m0/s1. The van der Waals surface area contributed by atoms with Crippen LogP contribution in [-0.2, 0) is 26.2 Å². The van der Waals surface area contributed by atoms with Crippen molar-refractivity contribution in [3.05, 3.63) is 58.6 Å². The number of amides is 2. The lowest BCUT2D eigenvalue weighted by Gasteiger charge is -2.29. The molecule has 0 spiro atoms. The molecule has 0 saturated heterocycles. The fourth-order valence-corrected chi connectivity index (χ4v) is 4.76. The fourth-order valence-electron chi connectivity index (χ4n) is 3.53. The van der Waals surface area contributed by atoms with Gasteiger partial charge in [-0.1, -0.05) is 41.1 Å². The zero-order chi connectivity index (χ0) is 26.0. The van der Waals surface area contributed by atoms with Gasteiger partial charge in [0.05, 0.1) is 19.1 Å². The molecule has 0 unspecified atom stereocenters. The van der Waals surface area contributed by atoms with Crippen LogP contribution >= 0.6 is 15.9 Å². The summed E-state index contributed by atoms with van der Waals surface area (Å²) in [5.74, 6) is 0.109. The Morgan fingerprint density at radius 2 is 1.83 bits per heavy atom. The summed E-state index contributed by atoms with van der Waals surface area (Å²) in [6.45, 7) is 4.61. The molecule has 1 atom stereocenters. The first-order valence-corrected chi connectivity index (χ1v) is 14.1. The van der Waals surface area contributed by atoms with Crippen LogP contribution in [0, 0.1) is 0 Å². The summed E-state index contributed by atoms with van der Waals surface area (Å²) in [4.78, 5) is 27.4. The van der Waals surface area contributed by atoms with Gasteiger partial charge in [-0.05, 0) is 49.6 Å². The number of anilines is 1. The Labute approximate surface area is 216 Å². The fraction of sp³-hybridized carbons (Fsp3) is 0.440. The predicted octanol–water partition coefficient (Wildman–Crippen LogP) is 3.95. The molecule has 0 aliphatic carbocycles. The number of benzene rings is 2. The normalized spacial score (nSPS) is 12.0. The van der Waals surface area contributed by atoms with Crippen molar-refractivity contribution < 1.29 is 22.7 Å². The molecule has 2 rings (SSSR count). The van der Waals surface area contributed by atoms with E-state index in [9.17, 15) is 18.0 Å². The molecule has 35 heavy (non-hydrogen) atoms. The number of carbonyl (C=O) groups is 2. The van der Waals surface area contributed by atoms with Gasteiger partial charge in [-0.15, -0.1) is 0 Å². The number of methoxy groups -OCH3 is 1. The molecule has 0 aliphatic rings. The molecule has 0 fully saturated rings. The van der Waals surface area contributed by atoms with E-state index in [-0.39, 0.29) is 31.3 Å². The molecule has 0 aromatic heterocycles. The van der Waals surface area contributed by atoms with E-state index in [1.807, 2.05) is 31.2 Å². The number of hydrogen-bond donors (Lipinski definition) is 1. The summed E-state index contributed by atoms with van der Waals surface area (Å²) in [5, 5.41) is 2.85. The van der Waals surface area contributed by atoms with Gasteiger partial charge in [0.2, 0.25) is 21.8 Å². The lowest BCUT2D eigenvalue weighted by molar-refractivity contribution is -0.140. The summed E-state index contributed by atoms with van der Waals surface area (Å²) >= 11 is 3.41. The second-order valence-electron chi connectivity index (χ2n) is 8.26. The van der Waals surface area contributed by atoms with Crippen molar-refractivity contribution in [2.24, 2.45) is 0 Å². The number of halogens is 1. The summed E-state index contributed by atoms with van der Waals surface area (Å²) < 4.78 is 32.3. The van der Waals surface area contributed by atoms with Crippen molar-refractivity contribution in [1.82, 2.24) is 10.2 Å². The zero-order valence-electron chi connectivity index (χ0n) is 20.7. The molecule has 2 aromatic rings. The molecule has 0 heterocycles. The van der Waals surface area contributed by atoms with Crippen LogP contribution in [0.3, 0.4) is 0 Å². The molecule has 2 aromatic carbocycles. The Morgan fingerprint density at radius 1 is 1.14 bits per heavy atom. The Kier molecular flexibility index (Phi) is 11.0. The van der Waals surface area contributed by atoms with Crippen molar-refractivity contribution in [2.75, 3.05) is 30.8 Å². The Balaban J connectivity index is 2.15. The van der Waals surface area contributed by atoms with Gasteiger partial charge < -0.3 is 15.0 Å². The second kappa shape index (κ2) is 13.5. The molecule has 2 amide bonds. The topological polar surface area (TPSA) is 96.0 Å². The highest BCUT2D eigenvalue weighted by atomic mass is 79.9. The lowest BCUT2D eigenvalue weighted by atomic mass is 10.1. The van der Waals surface area contributed by atoms with E-state index in [4.69, 9.17) is 4.74 Å². The van der Waals surface area contributed by atoms with E-state index in [0.717, 1.165) is 22.7 Å². The number of sulfonamides is 1. The first-order chi connectivity index (χ1) is 16.6. The first kappa shape index (κ1) is 28.6. The number of ether oxygens (including phenoxy) is 1. The number of rotatable bonds is 13. The van der Waals surface area contributed by atoms with Crippen molar-refractivity contribution in [3.63, 3.8) is 0 Å². The van der Waals surface area contributed by atoms with Crippen LogP contribution in [0.4, 0.5) is 5.69 Å². The molecule has 192 valence electrons. The Bertz CT molecular complexity index is 1090. The molecule has 1 N–H and O–H groups in total. The minimum absolute atomic E-state index is 0.0952. The average Bonchev–Trinajstić information content (AvgIpc) is 2.83. The van der Waals surface area contributed by atoms with E-state index in [1.54, 1.807) is 36.1 Å².